The standard InChI is InChI=1S/C17H27NO/c1-11(2)14(5)18(7)15(6)17(19)16-9-8-12(3)13(4)10-16/h8-11,14-15H,1-7H3. The Morgan fingerprint density at radius 3 is 2.11 bits per heavy atom. The molecule has 0 spiro atoms. The third-order valence-corrected chi connectivity index (χ3v) is 4.39. The fourth-order valence-electron chi connectivity index (χ4n) is 2.14. The number of nitrogens with zero attached hydrogens (tertiary/aromatic N) is 1. The molecule has 1 aromatic carbocycles. The van der Waals surface area contributed by atoms with Gasteiger partial charge in [0.05, 0.1) is 6.04 Å². The predicted molar refractivity (Wildman–Crippen MR) is 81.8 cm³/mol. The van der Waals surface area contributed by atoms with Gasteiger partial charge in [0.2, 0.25) is 0 Å². The van der Waals surface area contributed by atoms with Gasteiger partial charge >= 0.3 is 0 Å². The van der Waals surface area contributed by atoms with E-state index in [1.165, 1.54) is 11.1 Å². The summed E-state index contributed by atoms with van der Waals surface area (Å²) < 4.78 is 0. The molecule has 2 atom stereocenters. The van der Waals surface area contributed by atoms with E-state index in [2.05, 4.69) is 39.5 Å². The number of hydrogen-bond donors (Lipinski definition) is 0. The van der Waals surface area contributed by atoms with Gasteiger partial charge in [0.1, 0.15) is 0 Å². The molecule has 2 nitrogen and oxygen atoms in total. The van der Waals surface area contributed by atoms with Crippen LogP contribution in [0.5, 0.6) is 0 Å². The number of likely N-dealkylation sites (N-methyl/N-ethyl adjacent to an activating group) is 1. The van der Waals surface area contributed by atoms with Gasteiger partial charge in [-0.05, 0) is 57.9 Å². The third-order valence-electron chi connectivity index (χ3n) is 4.39. The van der Waals surface area contributed by atoms with E-state index in [0.717, 1.165) is 5.56 Å². The lowest BCUT2D eigenvalue weighted by molar-refractivity contribution is 0.0791. The molecule has 0 radical (unpaired) electrons. The molecule has 2 unspecified atom stereocenters. The van der Waals surface area contributed by atoms with E-state index in [-0.39, 0.29) is 11.8 Å². The molecule has 0 aliphatic heterocycles. The largest absolute Gasteiger partial charge is 0.294 e. The molecule has 0 heterocycles. The Bertz CT molecular complexity index is 451. The fourth-order valence-corrected chi connectivity index (χ4v) is 2.14. The highest BCUT2D eigenvalue weighted by Gasteiger charge is 2.24. The van der Waals surface area contributed by atoms with Crippen molar-refractivity contribution in [1.82, 2.24) is 4.90 Å². The van der Waals surface area contributed by atoms with Gasteiger partial charge in [-0.15, -0.1) is 0 Å². The van der Waals surface area contributed by atoms with Crippen molar-refractivity contribution in [2.45, 2.75) is 53.6 Å². The lowest BCUT2D eigenvalue weighted by Gasteiger charge is -2.32. The van der Waals surface area contributed by atoms with Gasteiger partial charge in [0.15, 0.2) is 5.78 Å². The highest BCUT2D eigenvalue weighted by Crippen LogP contribution is 2.17. The molecule has 0 saturated heterocycles. The summed E-state index contributed by atoms with van der Waals surface area (Å²) in [5, 5.41) is 0. The van der Waals surface area contributed by atoms with Crippen LogP contribution >= 0.6 is 0 Å². The van der Waals surface area contributed by atoms with Crippen molar-refractivity contribution >= 4 is 5.78 Å². The van der Waals surface area contributed by atoms with E-state index in [1.807, 2.05) is 32.2 Å². The molecule has 0 aliphatic carbocycles. The normalized spacial score (nSPS) is 14.8. The Morgan fingerprint density at radius 1 is 1.05 bits per heavy atom. The van der Waals surface area contributed by atoms with Crippen LogP contribution in [0.15, 0.2) is 18.2 Å². The van der Waals surface area contributed by atoms with E-state index in [0.29, 0.717) is 12.0 Å². The van der Waals surface area contributed by atoms with Crippen molar-refractivity contribution in [1.29, 1.82) is 0 Å². The van der Waals surface area contributed by atoms with Crippen molar-refractivity contribution in [2.24, 2.45) is 5.92 Å². The van der Waals surface area contributed by atoms with E-state index >= 15 is 0 Å². The number of Topliss-reactive ketones (excluding diaryl/α,β-unsaturated/α-hetero) is 1. The quantitative estimate of drug-likeness (QED) is 0.750. The number of rotatable bonds is 5. The van der Waals surface area contributed by atoms with Crippen LogP contribution in [-0.2, 0) is 0 Å². The van der Waals surface area contributed by atoms with Gasteiger partial charge < -0.3 is 0 Å². The first kappa shape index (κ1) is 15.9. The summed E-state index contributed by atoms with van der Waals surface area (Å²) in [6.45, 7) is 12.7. The zero-order chi connectivity index (χ0) is 14.7. The number of ketones is 1. The van der Waals surface area contributed by atoms with Crippen LogP contribution in [-0.4, -0.2) is 29.8 Å². The lowest BCUT2D eigenvalue weighted by Crippen LogP contribution is -2.44. The zero-order valence-corrected chi connectivity index (χ0v) is 13.3. The van der Waals surface area contributed by atoms with Gasteiger partial charge in [0.25, 0.3) is 0 Å². The van der Waals surface area contributed by atoms with Crippen LogP contribution in [0.2, 0.25) is 0 Å². The van der Waals surface area contributed by atoms with Gasteiger partial charge in [0, 0.05) is 11.6 Å². The zero-order valence-electron chi connectivity index (χ0n) is 13.3. The molecule has 106 valence electrons. The first-order chi connectivity index (χ1) is 8.75. The fraction of sp³-hybridized carbons (Fsp3) is 0.588. The molecule has 1 rings (SSSR count). The molecule has 1 aromatic rings. The Labute approximate surface area is 117 Å². The van der Waals surface area contributed by atoms with Crippen molar-refractivity contribution in [3.63, 3.8) is 0 Å². The van der Waals surface area contributed by atoms with Crippen molar-refractivity contribution in [2.75, 3.05) is 7.05 Å². The first-order valence-corrected chi connectivity index (χ1v) is 7.09. The molecular weight excluding hydrogens is 234 g/mol. The van der Waals surface area contributed by atoms with Crippen molar-refractivity contribution < 1.29 is 4.79 Å². The van der Waals surface area contributed by atoms with E-state index in [9.17, 15) is 4.79 Å². The molecule has 0 aromatic heterocycles. The van der Waals surface area contributed by atoms with Crippen molar-refractivity contribution in [3.05, 3.63) is 34.9 Å². The molecule has 0 N–H and O–H groups in total. The Hall–Kier alpha value is -1.15. The molecule has 0 aliphatic rings. The first-order valence-electron chi connectivity index (χ1n) is 7.09. The molecule has 0 fully saturated rings. The highest BCUT2D eigenvalue weighted by atomic mass is 16.1. The molecule has 19 heavy (non-hydrogen) atoms. The predicted octanol–water partition coefficient (Wildman–Crippen LogP) is 3.85. The van der Waals surface area contributed by atoms with E-state index in [4.69, 9.17) is 0 Å². The molecule has 0 bridgehead atoms. The van der Waals surface area contributed by atoms with Crippen LogP contribution in [0.4, 0.5) is 0 Å². The van der Waals surface area contributed by atoms with Gasteiger partial charge in [-0.3, -0.25) is 9.69 Å². The van der Waals surface area contributed by atoms with Crippen molar-refractivity contribution in [3.8, 4) is 0 Å². The molecule has 0 saturated carbocycles. The maximum atomic E-state index is 12.5. The summed E-state index contributed by atoms with van der Waals surface area (Å²) in [7, 11) is 2.04. The minimum Gasteiger partial charge on any atom is -0.294 e. The average Bonchev–Trinajstić information content (AvgIpc) is 2.38. The number of carbonyl (C=O) groups excluding carboxylic acids is 1. The second-order valence-corrected chi connectivity index (χ2v) is 5.99. The number of hydrogen-bond acceptors (Lipinski definition) is 2. The van der Waals surface area contributed by atoms with Gasteiger partial charge in [-0.2, -0.15) is 0 Å². The smallest absolute Gasteiger partial charge is 0.179 e. The second-order valence-electron chi connectivity index (χ2n) is 5.99. The highest BCUT2D eigenvalue weighted by molar-refractivity contribution is 6.00. The number of aryl methyl sites for hydroxylation is 2. The van der Waals surface area contributed by atoms with Crippen LogP contribution in [0.25, 0.3) is 0 Å². The SMILES string of the molecule is Cc1ccc(C(=O)C(C)N(C)C(C)C(C)C)cc1C. The second kappa shape index (κ2) is 6.33. The van der Waals surface area contributed by atoms with Crippen LogP contribution < -0.4 is 0 Å². The molecular formula is C17H27NO. The monoisotopic (exact) mass is 261 g/mol. The Kier molecular flexibility index (Phi) is 5.30. The number of benzene rings is 1. The topological polar surface area (TPSA) is 20.3 Å². The summed E-state index contributed by atoms with van der Waals surface area (Å²) in [5.74, 6) is 0.748. The third kappa shape index (κ3) is 3.66. The summed E-state index contributed by atoms with van der Waals surface area (Å²) in [4.78, 5) is 14.7. The maximum absolute atomic E-state index is 12.5. The summed E-state index contributed by atoms with van der Waals surface area (Å²) in [6.07, 6.45) is 0. The summed E-state index contributed by atoms with van der Waals surface area (Å²) in [6, 6.07) is 6.28. The molecule has 0 amide bonds. The minimum atomic E-state index is -0.0838. The summed E-state index contributed by atoms with van der Waals surface area (Å²) >= 11 is 0. The maximum Gasteiger partial charge on any atom is 0.179 e. The van der Waals surface area contributed by atoms with Crippen LogP contribution in [0.3, 0.4) is 0 Å². The Balaban J connectivity index is 2.90. The minimum absolute atomic E-state index is 0.0838. The van der Waals surface area contributed by atoms with Crippen LogP contribution in [0, 0.1) is 19.8 Å². The summed E-state index contributed by atoms with van der Waals surface area (Å²) in [5.41, 5.74) is 3.23. The Morgan fingerprint density at radius 2 is 1.63 bits per heavy atom. The van der Waals surface area contributed by atoms with Crippen LogP contribution in [0.1, 0.15) is 49.2 Å². The van der Waals surface area contributed by atoms with E-state index in [1.54, 1.807) is 0 Å². The van der Waals surface area contributed by atoms with E-state index < -0.39 is 0 Å². The average molecular weight is 261 g/mol. The lowest BCUT2D eigenvalue weighted by atomic mass is 9.97. The van der Waals surface area contributed by atoms with Gasteiger partial charge in [-0.1, -0.05) is 26.0 Å². The number of carbonyl (C=O) groups is 1. The van der Waals surface area contributed by atoms with Gasteiger partial charge in [-0.25, -0.2) is 0 Å². The molecule has 2 heteroatoms.